The molecule has 21 heavy (non-hydrogen) atoms. The van der Waals surface area contributed by atoms with Crippen LogP contribution in [0.15, 0.2) is 30.3 Å². The van der Waals surface area contributed by atoms with Gasteiger partial charge in [0.05, 0.1) is 7.11 Å². The third-order valence-electron chi connectivity index (χ3n) is 2.82. The van der Waals surface area contributed by atoms with Crippen molar-refractivity contribution in [1.82, 2.24) is 5.32 Å². The third kappa shape index (κ3) is 7.70. The van der Waals surface area contributed by atoms with Gasteiger partial charge in [0.2, 0.25) is 0 Å². The topological polar surface area (TPSA) is 64.6 Å². The summed E-state index contributed by atoms with van der Waals surface area (Å²) in [7, 11) is 1.36. The Morgan fingerprint density at radius 2 is 1.95 bits per heavy atom. The zero-order valence-electron chi connectivity index (χ0n) is 12.0. The number of alkyl carbamates (subject to hydrolysis) is 1. The van der Waals surface area contributed by atoms with Gasteiger partial charge in [0.15, 0.2) is 0 Å². The predicted molar refractivity (Wildman–Crippen MR) is 83.2 cm³/mol. The van der Waals surface area contributed by atoms with E-state index in [2.05, 4.69) is 26.0 Å². The lowest BCUT2D eigenvalue weighted by molar-refractivity contribution is -0.139. The number of methoxy groups -OCH3 is 1. The highest BCUT2D eigenvalue weighted by atomic mass is 79.9. The summed E-state index contributed by atoms with van der Waals surface area (Å²) in [5, 5.41) is 2.68. The second kappa shape index (κ2) is 10.2. The van der Waals surface area contributed by atoms with E-state index in [0.29, 0.717) is 13.0 Å². The molecule has 0 heterocycles. The first-order valence-electron chi connectivity index (χ1n) is 6.80. The van der Waals surface area contributed by atoms with Gasteiger partial charge in [-0.3, -0.25) is 4.79 Å². The molecule has 0 saturated heterocycles. The first-order valence-corrected chi connectivity index (χ1v) is 7.71. The van der Waals surface area contributed by atoms with Gasteiger partial charge in [-0.15, -0.1) is 0 Å². The van der Waals surface area contributed by atoms with Crippen molar-refractivity contribution < 1.29 is 19.1 Å². The molecule has 0 bridgehead atoms. The standard InChI is InChI=1S/C15H20BrNO4/c1-20-14(18)13(16)9-5-6-10-17-15(19)21-11-12-7-3-2-4-8-12/h2-4,7-8,13H,5-6,9-11H2,1H3,(H,17,19). The van der Waals surface area contributed by atoms with E-state index < -0.39 is 6.09 Å². The molecule has 6 heteroatoms. The van der Waals surface area contributed by atoms with Gasteiger partial charge in [0, 0.05) is 6.54 Å². The number of unbranched alkanes of at least 4 members (excludes halogenated alkanes) is 1. The molecule has 1 amide bonds. The van der Waals surface area contributed by atoms with Crippen LogP contribution in [0.1, 0.15) is 24.8 Å². The summed E-state index contributed by atoms with van der Waals surface area (Å²) >= 11 is 3.25. The average Bonchev–Trinajstić information content (AvgIpc) is 2.52. The third-order valence-corrected chi connectivity index (χ3v) is 3.66. The molecular formula is C15H20BrNO4. The van der Waals surface area contributed by atoms with Gasteiger partial charge in [-0.25, -0.2) is 4.79 Å². The van der Waals surface area contributed by atoms with Crippen LogP contribution in [-0.2, 0) is 20.9 Å². The van der Waals surface area contributed by atoms with Gasteiger partial charge in [0.1, 0.15) is 11.4 Å². The van der Waals surface area contributed by atoms with Gasteiger partial charge < -0.3 is 14.8 Å². The van der Waals surface area contributed by atoms with E-state index in [1.165, 1.54) is 7.11 Å². The molecule has 1 unspecified atom stereocenters. The van der Waals surface area contributed by atoms with Crippen LogP contribution < -0.4 is 5.32 Å². The maximum absolute atomic E-state index is 11.5. The van der Waals surface area contributed by atoms with Crippen LogP contribution in [0.25, 0.3) is 0 Å². The number of esters is 1. The van der Waals surface area contributed by atoms with Crippen molar-refractivity contribution in [2.45, 2.75) is 30.7 Å². The Bertz CT molecular complexity index is 439. The lowest BCUT2D eigenvalue weighted by Gasteiger charge is -2.08. The Kier molecular flexibility index (Phi) is 8.50. The zero-order chi connectivity index (χ0) is 15.5. The summed E-state index contributed by atoms with van der Waals surface area (Å²) < 4.78 is 9.68. The maximum atomic E-state index is 11.5. The molecule has 0 saturated carbocycles. The second-order valence-corrected chi connectivity index (χ2v) is 5.58. The summed E-state index contributed by atoms with van der Waals surface area (Å²) in [5.74, 6) is -0.273. The molecule has 0 spiro atoms. The smallest absolute Gasteiger partial charge is 0.407 e. The van der Waals surface area contributed by atoms with E-state index in [4.69, 9.17) is 4.74 Å². The van der Waals surface area contributed by atoms with Crippen LogP contribution in [0, 0.1) is 0 Å². The van der Waals surface area contributed by atoms with Crippen molar-refractivity contribution in [2.24, 2.45) is 0 Å². The number of carbonyl (C=O) groups is 2. The Morgan fingerprint density at radius 3 is 2.62 bits per heavy atom. The molecule has 116 valence electrons. The SMILES string of the molecule is COC(=O)C(Br)CCCCNC(=O)OCc1ccccc1. The fourth-order valence-corrected chi connectivity index (χ4v) is 2.17. The fraction of sp³-hybridized carbons (Fsp3) is 0.467. The number of carbonyl (C=O) groups excluding carboxylic acids is 2. The first kappa shape index (κ1) is 17.5. The van der Waals surface area contributed by atoms with Crippen LogP contribution in [-0.4, -0.2) is 30.5 Å². The molecule has 1 aromatic rings. The van der Waals surface area contributed by atoms with Gasteiger partial charge in [-0.1, -0.05) is 46.3 Å². The van der Waals surface area contributed by atoms with E-state index >= 15 is 0 Å². The van der Waals surface area contributed by atoms with Crippen molar-refractivity contribution in [3.8, 4) is 0 Å². The normalized spacial score (nSPS) is 11.5. The van der Waals surface area contributed by atoms with E-state index in [9.17, 15) is 9.59 Å². The van der Waals surface area contributed by atoms with E-state index in [1.807, 2.05) is 30.3 Å². The Hall–Kier alpha value is -1.56. The van der Waals surface area contributed by atoms with Crippen molar-refractivity contribution in [3.63, 3.8) is 0 Å². The summed E-state index contributed by atoms with van der Waals surface area (Å²) in [6.45, 7) is 0.785. The van der Waals surface area contributed by atoms with Crippen molar-refractivity contribution in [1.29, 1.82) is 0 Å². The predicted octanol–water partition coefficient (Wildman–Crippen LogP) is 3.02. The fourth-order valence-electron chi connectivity index (χ4n) is 1.66. The molecule has 0 radical (unpaired) electrons. The molecule has 1 rings (SSSR count). The number of hydrogen-bond donors (Lipinski definition) is 1. The molecule has 1 N–H and O–H groups in total. The van der Waals surface area contributed by atoms with Crippen LogP contribution >= 0.6 is 15.9 Å². The van der Waals surface area contributed by atoms with Gasteiger partial charge in [-0.05, 0) is 24.8 Å². The van der Waals surface area contributed by atoms with Crippen molar-refractivity contribution >= 4 is 28.0 Å². The summed E-state index contributed by atoms with van der Waals surface area (Å²) in [6, 6.07) is 9.50. The lowest BCUT2D eigenvalue weighted by atomic mass is 10.2. The van der Waals surface area contributed by atoms with Crippen LogP contribution in [0.3, 0.4) is 0 Å². The minimum absolute atomic E-state index is 0.262. The molecule has 0 fully saturated rings. The zero-order valence-corrected chi connectivity index (χ0v) is 13.6. The van der Waals surface area contributed by atoms with Gasteiger partial charge in [0.25, 0.3) is 0 Å². The quantitative estimate of drug-likeness (QED) is 0.441. The van der Waals surface area contributed by atoms with Crippen LogP contribution in [0.2, 0.25) is 0 Å². The molecule has 1 atom stereocenters. The number of alkyl halides is 1. The maximum Gasteiger partial charge on any atom is 0.407 e. The summed E-state index contributed by atoms with van der Waals surface area (Å²) in [5.41, 5.74) is 0.952. The highest BCUT2D eigenvalue weighted by Crippen LogP contribution is 2.11. The molecule has 0 aliphatic heterocycles. The van der Waals surface area contributed by atoms with Crippen LogP contribution in [0.5, 0.6) is 0 Å². The number of amides is 1. The number of nitrogens with one attached hydrogen (secondary N) is 1. The summed E-state index contributed by atoms with van der Waals surface area (Å²) in [4.78, 5) is 22.3. The molecule has 1 aromatic carbocycles. The lowest BCUT2D eigenvalue weighted by Crippen LogP contribution is -2.25. The van der Waals surface area contributed by atoms with Crippen molar-refractivity contribution in [2.75, 3.05) is 13.7 Å². The minimum atomic E-state index is -0.429. The average molecular weight is 358 g/mol. The Balaban J connectivity index is 2.05. The Labute approximate surface area is 133 Å². The number of hydrogen-bond acceptors (Lipinski definition) is 4. The van der Waals surface area contributed by atoms with E-state index in [1.54, 1.807) is 0 Å². The monoisotopic (exact) mass is 357 g/mol. The molecule has 0 aromatic heterocycles. The number of halogens is 1. The molecular weight excluding hydrogens is 338 g/mol. The number of benzene rings is 1. The first-order chi connectivity index (χ1) is 10.1. The highest BCUT2D eigenvalue weighted by Gasteiger charge is 2.14. The largest absolute Gasteiger partial charge is 0.468 e. The van der Waals surface area contributed by atoms with Crippen molar-refractivity contribution in [3.05, 3.63) is 35.9 Å². The second-order valence-electron chi connectivity index (χ2n) is 4.47. The molecule has 0 aliphatic rings. The summed E-state index contributed by atoms with van der Waals surface area (Å²) in [6.07, 6.45) is 1.83. The molecule has 5 nitrogen and oxygen atoms in total. The number of rotatable bonds is 8. The van der Waals surface area contributed by atoms with Gasteiger partial charge >= 0.3 is 12.1 Å². The Morgan fingerprint density at radius 1 is 1.24 bits per heavy atom. The number of ether oxygens (including phenoxy) is 2. The highest BCUT2D eigenvalue weighted by molar-refractivity contribution is 9.10. The van der Waals surface area contributed by atoms with Crippen LogP contribution in [0.4, 0.5) is 4.79 Å². The molecule has 0 aliphatic carbocycles. The van der Waals surface area contributed by atoms with E-state index in [0.717, 1.165) is 18.4 Å². The minimum Gasteiger partial charge on any atom is -0.468 e. The van der Waals surface area contributed by atoms with E-state index in [-0.39, 0.29) is 17.4 Å². The van der Waals surface area contributed by atoms with Gasteiger partial charge in [-0.2, -0.15) is 0 Å².